The summed E-state index contributed by atoms with van der Waals surface area (Å²) in [5.41, 5.74) is 3.20. The smallest absolute Gasteiger partial charge is 0.233 e. The molecular weight excluding hydrogens is 764 g/mol. The number of halogens is 1. The summed E-state index contributed by atoms with van der Waals surface area (Å²) >= 11 is 0. The average molecular weight is 823 g/mol. The minimum Gasteiger partial charge on any atom is -0.497 e. The molecule has 14 nitrogen and oxygen atoms in total. The minimum atomic E-state index is -1.75. The number of benzene rings is 3. The normalized spacial score (nSPS) is 17.6. The number of rotatable bonds is 27. The van der Waals surface area contributed by atoms with Crippen molar-refractivity contribution in [1.82, 2.24) is 10.6 Å². The van der Waals surface area contributed by atoms with E-state index in [9.17, 15) is 44.1 Å². The number of hydrogen-bond donors (Lipinski definition) is 7. The molecule has 3 aromatic rings. The molecule has 0 radical (unpaired) electrons. The van der Waals surface area contributed by atoms with Gasteiger partial charge in [0.15, 0.2) is 0 Å². The number of unbranched alkanes of at least 4 members (excludes halogenated alkanes) is 7. The van der Waals surface area contributed by atoms with Crippen LogP contribution in [0.1, 0.15) is 106 Å². The molecule has 0 saturated carbocycles. The Bertz CT molecular complexity index is 1750. The lowest BCUT2D eigenvalue weighted by molar-refractivity contribution is -0.131. The van der Waals surface area contributed by atoms with E-state index >= 15 is 0 Å². The fourth-order valence-corrected chi connectivity index (χ4v) is 7.31. The van der Waals surface area contributed by atoms with Crippen LogP contribution < -0.4 is 20.3 Å². The SMILES string of the molecule is COc1ccc([C@@H]2[C@@H](CCC(O)c3ccc(F)cc3)C(=O)N2c2ccc(CNC(=O)CCCCCCCCCCC(=O)NCC(O)[C@@H](N=O)[C@H](O)[C@H](O)CO)cc2)cc1. The second-order valence-electron chi connectivity index (χ2n) is 15.2. The molecule has 3 amide bonds. The summed E-state index contributed by atoms with van der Waals surface area (Å²) in [7, 11) is 1.60. The van der Waals surface area contributed by atoms with Crippen LogP contribution in [0.3, 0.4) is 0 Å². The van der Waals surface area contributed by atoms with Crippen molar-refractivity contribution >= 4 is 23.4 Å². The Morgan fingerprint density at radius 3 is 1.93 bits per heavy atom. The summed E-state index contributed by atoms with van der Waals surface area (Å²) in [5.74, 6) is -0.399. The molecular formula is C44H59FN4O10. The topological polar surface area (TPSA) is 218 Å². The molecule has 7 N–H and O–H groups in total. The van der Waals surface area contributed by atoms with Gasteiger partial charge in [0.25, 0.3) is 0 Å². The van der Waals surface area contributed by atoms with E-state index in [0.29, 0.717) is 43.5 Å². The molecule has 0 aliphatic carbocycles. The average Bonchev–Trinajstić information content (AvgIpc) is 3.25. The van der Waals surface area contributed by atoms with E-state index in [0.717, 1.165) is 61.8 Å². The van der Waals surface area contributed by atoms with Gasteiger partial charge in [0.05, 0.1) is 37.9 Å². The second kappa shape index (κ2) is 24.3. The Morgan fingerprint density at radius 1 is 0.797 bits per heavy atom. The van der Waals surface area contributed by atoms with Crippen LogP contribution >= 0.6 is 0 Å². The van der Waals surface area contributed by atoms with Crippen LogP contribution in [0.5, 0.6) is 5.75 Å². The number of nitrogens with zero attached hydrogens (tertiary/aromatic N) is 2. The molecule has 0 bridgehead atoms. The maximum atomic E-state index is 13.6. The molecule has 7 atom stereocenters. The summed E-state index contributed by atoms with van der Waals surface area (Å²) in [4.78, 5) is 50.9. The fraction of sp³-hybridized carbons (Fsp3) is 0.523. The Morgan fingerprint density at radius 2 is 1.37 bits per heavy atom. The van der Waals surface area contributed by atoms with Gasteiger partial charge in [-0.3, -0.25) is 14.4 Å². The number of amides is 3. The Hall–Kier alpha value is -4.80. The molecule has 59 heavy (non-hydrogen) atoms. The van der Waals surface area contributed by atoms with Crippen LogP contribution in [0.2, 0.25) is 0 Å². The summed E-state index contributed by atoms with van der Waals surface area (Å²) in [5, 5.41) is 57.0. The van der Waals surface area contributed by atoms with Crippen molar-refractivity contribution in [1.29, 1.82) is 0 Å². The molecule has 1 saturated heterocycles. The van der Waals surface area contributed by atoms with E-state index in [1.807, 2.05) is 48.5 Å². The zero-order valence-corrected chi connectivity index (χ0v) is 33.6. The first-order valence-corrected chi connectivity index (χ1v) is 20.5. The van der Waals surface area contributed by atoms with E-state index in [2.05, 4.69) is 15.8 Å². The highest BCUT2D eigenvalue weighted by Gasteiger charge is 2.48. The lowest BCUT2D eigenvalue weighted by Gasteiger charge is -2.48. The lowest BCUT2D eigenvalue weighted by atomic mass is 9.78. The number of hydrogen-bond acceptors (Lipinski definition) is 11. The number of aliphatic hydroxyl groups is 5. The minimum absolute atomic E-state index is 0.0279. The van der Waals surface area contributed by atoms with Crippen molar-refractivity contribution < 1.29 is 49.0 Å². The quantitative estimate of drug-likeness (QED) is 0.0314. The Balaban J connectivity index is 1.10. The van der Waals surface area contributed by atoms with Gasteiger partial charge in [0, 0.05) is 31.6 Å². The first kappa shape index (κ1) is 46.9. The van der Waals surface area contributed by atoms with Crippen LogP contribution in [0.4, 0.5) is 10.1 Å². The molecule has 322 valence electrons. The molecule has 0 aromatic heterocycles. The number of methoxy groups -OCH3 is 1. The van der Waals surface area contributed by atoms with Gasteiger partial charge in [-0.1, -0.05) is 80.1 Å². The molecule has 1 fully saturated rings. The Kier molecular flexibility index (Phi) is 19.3. The number of anilines is 1. The molecule has 1 aliphatic rings. The van der Waals surface area contributed by atoms with E-state index in [1.54, 1.807) is 24.1 Å². The zero-order valence-electron chi connectivity index (χ0n) is 33.6. The molecule has 1 heterocycles. The number of carbonyl (C=O) groups excluding carboxylic acids is 3. The predicted octanol–water partition coefficient (Wildman–Crippen LogP) is 4.90. The van der Waals surface area contributed by atoms with E-state index in [-0.39, 0.29) is 48.5 Å². The van der Waals surface area contributed by atoms with Gasteiger partial charge in [0.2, 0.25) is 17.7 Å². The van der Waals surface area contributed by atoms with Crippen LogP contribution in [0.15, 0.2) is 78.0 Å². The lowest BCUT2D eigenvalue weighted by Crippen LogP contribution is -2.55. The molecule has 15 heteroatoms. The summed E-state index contributed by atoms with van der Waals surface area (Å²) in [6.07, 6.45) is 2.94. The summed E-state index contributed by atoms with van der Waals surface area (Å²) < 4.78 is 18.7. The van der Waals surface area contributed by atoms with Gasteiger partial charge in [-0.25, -0.2) is 4.39 Å². The predicted molar refractivity (Wildman–Crippen MR) is 219 cm³/mol. The van der Waals surface area contributed by atoms with Crippen LogP contribution in [-0.4, -0.2) is 87.9 Å². The third-order valence-electron chi connectivity index (χ3n) is 10.9. The third-order valence-corrected chi connectivity index (χ3v) is 10.9. The van der Waals surface area contributed by atoms with Gasteiger partial charge in [0.1, 0.15) is 29.8 Å². The number of carbonyl (C=O) groups is 3. The number of nitroso groups, excluding NO2 is 1. The highest BCUT2D eigenvalue weighted by atomic mass is 19.1. The van der Waals surface area contributed by atoms with E-state index < -0.39 is 37.1 Å². The third kappa shape index (κ3) is 14.2. The zero-order chi connectivity index (χ0) is 42.7. The van der Waals surface area contributed by atoms with Crippen LogP contribution in [0, 0.1) is 16.6 Å². The molecule has 3 aromatic carbocycles. The summed E-state index contributed by atoms with van der Waals surface area (Å²) in [6.45, 7) is -0.752. The molecule has 0 spiro atoms. The van der Waals surface area contributed by atoms with E-state index in [1.165, 1.54) is 12.1 Å². The van der Waals surface area contributed by atoms with Gasteiger partial charge in [-0.05, 0) is 78.8 Å². The van der Waals surface area contributed by atoms with Gasteiger partial charge < -0.3 is 45.8 Å². The molecule has 1 aliphatic heterocycles. The molecule has 4 rings (SSSR count). The standard InChI is InChI=1S/C44H59FN4O10/c1-59-34-22-16-31(17-23-34)42-35(24-25-36(51)30-14-18-32(45)19-15-30)44(57)49(42)33-20-12-29(13-21-33)26-46-39(54)10-8-6-4-2-3-5-7-9-11-40(55)47-27-37(52)41(48-58)43(56)38(53)28-50/h12-23,35-38,41-43,50-53,56H,2-11,24-28H2,1H3,(H,46,54)(H,47,55)/t35-,36?,37?,38-,41-,42-,43-/m1/s1. The first-order valence-electron chi connectivity index (χ1n) is 20.5. The van der Waals surface area contributed by atoms with Gasteiger partial charge in [-0.15, -0.1) is 0 Å². The largest absolute Gasteiger partial charge is 0.497 e. The fourth-order valence-electron chi connectivity index (χ4n) is 7.31. The maximum absolute atomic E-state index is 13.6. The van der Waals surface area contributed by atoms with Crippen molar-refractivity contribution in [3.05, 3.63) is 100 Å². The monoisotopic (exact) mass is 822 g/mol. The number of aliphatic hydroxyl groups excluding tert-OH is 5. The van der Waals surface area contributed by atoms with Crippen LogP contribution in [-0.2, 0) is 20.9 Å². The number of ether oxygens (including phenoxy) is 1. The second-order valence-corrected chi connectivity index (χ2v) is 15.2. The Labute approximate surface area is 344 Å². The van der Waals surface area contributed by atoms with E-state index in [4.69, 9.17) is 9.84 Å². The highest BCUT2D eigenvalue weighted by molar-refractivity contribution is 6.03. The van der Waals surface area contributed by atoms with Crippen molar-refractivity contribution in [2.75, 3.05) is 25.2 Å². The van der Waals surface area contributed by atoms with Crippen molar-refractivity contribution in [3.63, 3.8) is 0 Å². The van der Waals surface area contributed by atoms with Gasteiger partial charge >= 0.3 is 0 Å². The first-order chi connectivity index (χ1) is 28.5. The van der Waals surface area contributed by atoms with Crippen molar-refractivity contribution in [2.45, 2.75) is 120 Å². The number of nitrogens with one attached hydrogen (secondary N) is 2. The van der Waals surface area contributed by atoms with Crippen molar-refractivity contribution in [3.8, 4) is 5.75 Å². The molecule has 2 unspecified atom stereocenters. The van der Waals surface area contributed by atoms with Crippen molar-refractivity contribution in [2.24, 2.45) is 11.1 Å². The number of β-lactam (4-membered cyclic amide) rings is 1. The highest BCUT2D eigenvalue weighted by Crippen LogP contribution is 2.46. The summed E-state index contributed by atoms with van der Waals surface area (Å²) in [6, 6.07) is 19.1. The van der Waals surface area contributed by atoms with Crippen LogP contribution in [0.25, 0.3) is 0 Å². The maximum Gasteiger partial charge on any atom is 0.233 e. The van der Waals surface area contributed by atoms with Gasteiger partial charge in [-0.2, -0.15) is 4.91 Å².